The third kappa shape index (κ3) is 2.88. The molecule has 108 valence electrons. The summed E-state index contributed by atoms with van der Waals surface area (Å²) in [5.41, 5.74) is 2.31. The van der Waals surface area contributed by atoms with Gasteiger partial charge in [-0.3, -0.25) is 4.68 Å². The largest absolute Gasteiger partial charge is 0.306 e. The van der Waals surface area contributed by atoms with Gasteiger partial charge in [0.25, 0.3) is 0 Å². The molecule has 0 saturated heterocycles. The fraction of sp³-hybridized carbons (Fsp3) is 0.400. The highest BCUT2D eigenvalue weighted by Crippen LogP contribution is 2.27. The Morgan fingerprint density at radius 1 is 1.30 bits per heavy atom. The highest BCUT2D eigenvalue weighted by molar-refractivity contribution is 5.34. The first-order valence-corrected chi connectivity index (χ1v) is 6.71. The SMILES string of the molecule is CCCNC(c1ccc(F)cc1F)c1cnn(C)c1C. The lowest BCUT2D eigenvalue weighted by Crippen LogP contribution is -2.24. The Labute approximate surface area is 117 Å². The summed E-state index contributed by atoms with van der Waals surface area (Å²) >= 11 is 0. The Morgan fingerprint density at radius 3 is 2.60 bits per heavy atom. The number of nitrogens with zero attached hydrogens (tertiary/aromatic N) is 2. The molecule has 2 rings (SSSR count). The van der Waals surface area contributed by atoms with Gasteiger partial charge in [0.05, 0.1) is 12.2 Å². The van der Waals surface area contributed by atoms with E-state index in [0.29, 0.717) is 5.56 Å². The van der Waals surface area contributed by atoms with E-state index >= 15 is 0 Å². The molecule has 0 radical (unpaired) electrons. The maximum absolute atomic E-state index is 14.0. The molecule has 1 aromatic carbocycles. The first kappa shape index (κ1) is 14.7. The van der Waals surface area contributed by atoms with Crippen molar-refractivity contribution in [1.82, 2.24) is 15.1 Å². The van der Waals surface area contributed by atoms with Crippen LogP contribution in [-0.2, 0) is 7.05 Å². The molecule has 3 nitrogen and oxygen atoms in total. The van der Waals surface area contributed by atoms with E-state index in [2.05, 4.69) is 10.4 Å². The maximum atomic E-state index is 14.0. The van der Waals surface area contributed by atoms with E-state index in [-0.39, 0.29) is 6.04 Å². The highest BCUT2D eigenvalue weighted by Gasteiger charge is 2.21. The topological polar surface area (TPSA) is 29.9 Å². The van der Waals surface area contributed by atoms with Crippen LogP contribution in [0.4, 0.5) is 8.78 Å². The van der Waals surface area contributed by atoms with Crippen LogP contribution in [-0.4, -0.2) is 16.3 Å². The van der Waals surface area contributed by atoms with Crippen LogP contribution < -0.4 is 5.32 Å². The minimum atomic E-state index is -0.566. The molecule has 0 aliphatic heterocycles. The van der Waals surface area contributed by atoms with Crippen molar-refractivity contribution in [2.75, 3.05) is 6.54 Å². The number of halogens is 2. The molecule has 0 saturated carbocycles. The fourth-order valence-corrected chi connectivity index (χ4v) is 2.21. The van der Waals surface area contributed by atoms with E-state index in [1.54, 1.807) is 10.9 Å². The molecule has 5 heteroatoms. The lowest BCUT2D eigenvalue weighted by molar-refractivity contribution is 0.531. The molecule has 20 heavy (non-hydrogen) atoms. The molecular formula is C15H19F2N3. The van der Waals surface area contributed by atoms with Gasteiger partial charge in [-0.15, -0.1) is 0 Å². The zero-order chi connectivity index (χ0) is 14.7. The van der Waals surface area contributed by atoms with Gasteiger partial charge in [0.1, 0.15) is 11.6 Å². The summed E-state index contributed by atoms with van der Waals surface area (Å²) in [5, 5.41) is 7.50. The minimum Gasteiger partial charge on any atom is -0.306 e. The van der Waals surface area contributed by atoms with Crippen LogP contribution in [0.15, 0.2) is 24.4 Å². The number of hydrogen-bond acceptors (Lipinski definition) is 2. The molecule has 1 unspecified atom stereocenters. The maximum Gasteiger partial charge on any atom is 0.131 e. The van der Waals surface area contributed by atoms with Crippen LogP contribution in [0.5, 0.6) is 0 Å². The molecule has 1 N–H and O–H groups in total. The van der Waals surface area contributed by atoms with Crippen LogP contribution in [0.3, 0.4) is 0 Å². The number of benzene rings is 1. The summed E-state index contributed by atoms with van der Waals surface area (Å²) in [6.45, 7) is 4.72. The number of nitrogens with one attached hydrogen (secondary N) is 1. The zero-order valence-electron chi connectivity index (χ0n) is 12.0. The molecule has 0 spiro atoms. The predicted molar refractivity (Wildman–Crippen MR) is 74.4 cm³/mol. The molecule has 0 aliphatic rings. The van der Waals surface area contributed by atoms with Gasteiger partial charge in [-0.25, -0.2) is 8.78 Å². The Balaban J connectivity index is 2.44. The lowest BCUT2D eigenvalue weighted by Gasteiger charge is -2.19. The van der Waals surface area contributed by atoms with Gasteiger partial charge in [0, 0.05) is 29.9 Å². The normalized spacial score (nSPS) is 12.7. The average molecular weight is 279 g/mol. The first-order valence-electron chi connectivity index (χ1n) is 6.71. The molecule has 0 amide bonds. The van der Waals surface area contributed by atoms with Gasteiger partial charge < -0.3 is 5.32 Å². The van der Waals surface area contributed by atoms with Gasteiger partial charge in [-0.1, -0.05) is 13.0 Å². The predicted octanol–water partition coefficient (Wildman–Crippen LogP) is 3.10. The Kier molecular flexibility index (Phi) is 4.49. The average Bonchev–Trinajstić information content (AvgIpc) is 2.73. The second-order valence-electron chi connectivity index (χ2n) is 4.86. The standard InChI is InChI=1S/C15H19F2N3/c1-4-7-18-15(13-9-19-20(3)10(13)2)12-6-5-11(16)8-14(12)17/h5-6,8-9,15,18H,4,7H2,1-3H3. The second kappa shape index (κ2) is 6.13. The molecule has 1 aromatic heterocycles. The van der Waals surface area contributed by atoms with Crippen molar-refractivity contribution >= 4 is 0 Å². The van der Waals surface area contributed by atoms with Gasteiger partial charge in [0.15, 0.2) is 0 Å². The van der Waals surface area contributed by atoms with E-state index in [0.717, 1.165) is 30.3 Å². The summed E-state index contributed by atoms with van der Waals surface area (Å²) in [4.78, 5) is 0. The number of hydrogen-bond donors (Lipinski definition) is 1. The molecule has 1 heterocycles. The Morgan fingerprint density at radius 2 is 2.05 bits per heavy atom. The lowest BCUT2D eigenvalue weighted by atomic mass is 9.98. The molecular weight excluding hydrogens is 260 g/mol. The molecule has 0 fully saturated rings. The quantitative estimate of drug-likeness (QED) is 0.911. The Bertz CT molecular complexity index is 593. The number of aromatic nitrogens is 2. The van der Waals surface area contributed by atoms with Crippen LogP contribution >= 0.6 is 0 Å². The van der Waals surface area contributed by atoms with Crippen molar-refractivity contribution in [2.24, 2.45) is 7.05 Å². The smallest absolute Gasteiger partial charge is 0.131 e. The molecule has 1 atom stereocenters. The van der Waals surface area contributed by atoms with Crippen LogP contribution in [0.1, 0.15) is 36.2 Å². The van der Waals surface area contributed by atoms with Crippen molar-refractivity contribution in [3.8, 4) is 0 Å². The second-order valence-corrected chi connectivity index (χ2v) is 4.86. The van der Waals surface area contributed by atoms with Crippen molar-refractivity contribution in [2.45, 2.75) is 26.3 Å². The van der Waals surface area contributed by atoms with Crippen LogP contribution in [0.25, 0.3) is 0 Å². The van der Waals surface area contributed by atoms with Gasteiger partial charge in [0.2, 0.25) is 0 Å². The first-order chi connectivity index (χ1) is 9.54. The van der Waals surface area contributed by atoms with E-state index in [1.807, 2.05) is 20.9 Å². The van der Waals surface area contributed by atoms with E-state index in [4.69, 9.17) is 0 Å². The third-order valence-electron chi connectivity index (χ3n) is 3.46. The highest BCUT2D eigenvalue weighted by atomic mass is 19.1. The summed E-state index contributed by atoms with van der Waals surface area (Å²) in [7, 11) is 1.84. The summed E-state index contributed by atoms with van der Waals surface area (Å²) in [5.74, 6) is -1.11. The zero-order valence-corrected chi connectivity index (χ0v) is 12.0. The van der Waals surface area contributed by atoms with E-state index in [1.165, 1.54) is 12.1 Å². The van der Waals surface area contributed by atoms with Crippen molar-refractivity contribution in [1.29, 1.82) is 0 Å². The van der Waals surface area contributed by atoms with Crippen molar-refractivity contribution in [3.63, 3.8) is 0 Å². The molecule has 2 aromatic rings. The van der Waals surface area contributed by atoms with E-state index in [9.17, 15) is 8.78 Å². The Hall–Kier alpha value is -1.75. The van der Waals surface area contributed by atoms with Crippen molar-refractivity contribution in [3.05, 3.63) is 52.9 Å². The molecule has 0 aliphatic carbocycles. The molecule has 0 bridgehead atoms. The summed E-state index contributed by atoms with van der Waals surface area (Å²) < 4.78 is 28.9. The van der Waals surface area contributed by atoms with Crippen LogP contribution in [0.2, 0.25) is 0 Å². The number of rotatable bonds is 5. The summed E-state index contributed by atoms with van der Waals surface area (Å²) in [6.07, 6.45) is 2.66. The summed E-state index contributed by atoms with van der Waals surface area (Å²) in [6, 6.07) is 3.38. The fourth-order valence-electron chi connectivity index (χ4n) is 2.21. The van der Waals surface area contributed by atoms with Crippen molar-refractivity contribution < 1.29 is 8.78 Å². The van der Waals surface area contributed by atoms with E-state index < -0.39 is 11.6 Å². The van der Waals surface area contributed by atoms with Crippen LogP contribution in [0, 0.1) is 18.6 Å². The van der Waals surface area contributed by atoms with Gasteiger partial charge in [-0.2, -0.15) is 5.10 Å². The third-order valence-corrected chi connectivity index (χ3v) is 3.46. The minimum absolute atomic E-state index is 0.316. The monoisotopic (exact) mass is 279 g/mol. The van der Waals surface area contributed by atoms with Gasteiger partial charge >= 0.3 is 0 Å². The van der Waals surface area contributed by atoms with Gasteiger partial charge in [-0.05, 0) is 26.0 Å². The number of aryl methyl sites for hydroxylation is 1.